The molecular formula is C32H37ClN6O6. The van der Waals surface area contributed by atoms with Crippen molar-refractivity contribution < 1.29 is 29.3 Å². The van der Waals surface area contributed by atoms with E-state index in [1.807, 2.05) is 41.8 Å². The Morgan fingerprint density at radius 2 is 1.78 bits per heavy atom. The van der Waals surface area contributed by atoms with Crippen LogP contribution < -0.4 is 15.4 Å². The molecule has 12 nitrogen and oxygen atoms in total. The molecular weight excluding hydrogens is 600 g/mol. The summed E-state index contributed by atoms with van der Waals surface area (Å²) in [6.45, 7) is 3.03. The molecule has 2 heterocycles. The van der Waals surface area contributed by atoms with Crippen molar-refractivity contribution in [3.8, 4) is 11.4 Å². The number of aliphatic hydroxyl groups is 2. The number of ether oxygens (including phenoxy) is 2. The minimum atomic E-state index is -0.828. The number of halogens is 1. The molecule has 6 unspecified atom stereocenters. The number of aliphatic hydroxyl groups excluding tert-OH is 2. The third-order valence-corrected chi connectivity index (χ3v) is 9.25. The molecule has 0 radical (unpaired) electrons. The number of carbonyl (C=O) groups is 2. The lowest BCUT2D eigenvalue weighted by Crippen LogP contribution is -2.43. The molecule has 13 heteroatoms. The maximum atomic E-state index is 13.1. The quantitative estimate of drug-likeness (QED) is 0.233. The third kappa shape index (κ3) is 6.32. The summed E-state index contributed by atoms with van der Waals surface area (Å²) in [5.74, 6) is 1.10. The third-order valence-electron chi connectivity index (χ3n) is 9.00. The Morgan fingerprint density at radius 3 is 2.49 bits per heavy atom. The number of benzene rings is 2. The lowest BCUT2D eigenvalue weighted by molar-refractivity contribution is -0.130. The predicted molar refractivity (Wildman–Crippen MR) is 166 cm³/mol. The molecule has 2 fully saturated rings. The number of nitrogens with zero attached hydrogens (tertiary/aromatic N) is 4. The largest absolute Gasteiger partial charge is 0.497 e. The fourth-order valence-electron chi connectivity index (χ4n) is 6.77. The van der Waals surface area contributed by atoms with Crippen molar-refractivity contribution in [1.29, 1.82) is 0 Å². The van der Waals surface area contributed by atoms with E-state index in [9.17, 15) is 19.8 Å². The SMILES string of the molecule is COc1ccc2c(c1)C(c1ccc(Cl)cc1)=NC(CC(=O)NCCOCCNC(=O)C1CC3CC1C(O)C3O)c1nnc(C)n1-2. The molecule has 238 valence electrons. The topological polar surface area (TPSA) is 160 Å². The van der Waals surface area contributed by atoms with Crippen molar-refractivity contribution in [2.45, 2.75) is 44.4 Å². The summed E-state index contributed by atoms with van der Waals surface area (Å²) < 4.78 is 13.1. The summed E-state index contributed by atoms with van der Waals surface area (Å²) in [6, 6.07) is 12.5. The maximum absolute atomic E-state index is 13.1. The Labute approximate surface area is 265 Å². The minimum Gasteiger partial charge on any atom is -0.497 e. The zero-order valence-electron chi connectivity index (χ0n) is 25.1. The molecule has 6 atom stereocenters. The summed E-state index contributed by atoms with van der Waals surface area (Å²) in [7, 11) is 1.61. The van der Waals surface area contributed by atoms with Gasteiger partial charge in [0.1, 0.15) is 17.6 Å². The van der Waals surface area contributed by atoms with Gasteiger partial charge in [0.05, 0.1) is 50.4 Å². The second-order valence-electron chi connectivity index (χ2n) is 11.8. The minimum absolute atomic E-state index is 0.00693. The van der Waals surface area contributed by atoms with E-state index in [4.69, 9.17) is 26.1 Å². The first-order chi connectivity index (χ1) is 21.7. The van der Waals surface area contributed by atoms with Crippen molar-refractivity contribution in [3.05, 3.63) is 70.3 Å². The molecule has 3 aliphatic rings. The Bertz CT molecular complexity index is 1590. The van der Waals surface area contributed by atoms with Gasteiger partial charge in [-0.05, 0) is 61.9 Å². The molecule has 2 aromatic carbocycles. The van der Waals surface area contributed by atoms with Crippen LogP contribution in [0.5, 0.6) is 5.75 Å². The number of amides is 2. The molecule has 45 heavy (non-hydrogen) atoms. The van der Waals surface area contributed by atoms with Crippen LogP contribution in [0, 0.1) is 24.7 Å². The first kappa shape index (κ1) is 31.2. The lowest BCUT2D eigenvalue weighted by atomic mass is 9.84. The van der Waals surface area contributed by atoms with Crippen LogP contribution >= 0.6 is 11.6 Å². The number of fused-ring (bicyclic) bond motifs is 5. The molecule has 2 bridgehead atoms. The molecule has 1 aromatic heterocycles. The molecule has 1 aliphatic heterocycles. The van der Waals surface area contributed by atoms with E-state index in [0.717, 1.165) is 16.8 Å². The number of aromatic nitrogens is 3. The van der Waals surface area contributed by atoms with E-state index in [2.05, 4.69) is 20.8 Å². The second-order valence-corrected chi connectivity index (χ2v) is 12.2. The van der Waals surface area contributed by atoms with Crippen LogP contribution in [-0.4, -0.2) is 88.1 Å². The number of methoxy groups -OCH3 is 1. The summed E-state index contributed by atoms with van der Waals surface area (Å²) in [5, 5.41) is 35.1. The summed E-state index contributed by atoms with van der Waals surface area (Å²) in [4.78, 5) is 30.7. The predicted octanol–water partition coefficient (Wildman–Crippen LogP) is 2.15. The Morgan fingerprint density at radius 1 is 1.02 bits per heavy atom. The van der Waals surface area contributed by atoms with Crippen LogP contribution in [0.1, 0.15) is 48.1 Å². The van der Waals surface area contributed by atoms with Crippen LogP contribution in [0.2, 0.25) is 5.02 Å². The van der Waals surface area contributed by atoms with Gasteiger partial charge in [-0.25, -0.2) is 0 Å². The van der Waals surface area contributed by atoms with Gasteiger partial charge in [0.15, 0.2) is 5.82 Å². The highest BCUT2D eigenvalue weighted by Gasteiger charge is 2.53. The van der Waals surface area contributed by atoms with Crippen molar-refractivity contribution in [2.24, 2.45) is 22.7 Å². The van der Waals surface area contributed by atoms with Crippen LogP contribution in [-0.2, 0) is 14.3 Å². The fraction of sp³-hybridized carbons (Fsp3) is 0.469. The molecule has 2 aliphatic carbocycles. The van der Waals surface area contributed by atoms with Gasteiger partial charge >= 0.3 is 0 Å². The Kier molecular flexibility index (Phi) is 9.18. The summed E-state index contributed by atoms with van der Waals surface area (Å²) in [6.07, 6.45) is -0.221. The monoisotopic (exact) mass is 636 g/mol. The van der Waals surface area contributed by atoms with Gasteiger partial charge in [-0.15, -0.1) is 10.2 Å². The van der Waals surface area contributed by atoms with Crippen LogP contribution in [0.3, 0.4) is 0 Å². The van der Waals surface area contributed by atoms with Crippen molar-refractivity contribution in [2.75, 3.05) is 33.4 Å². The normalized spacial score (nSPS) is 24.8. The zero-order chi connectivity index (χ0) is 31.7. The van der Waals surface area contributed by atoms with Crippen molar-refractivity contribution in [1.82, 2.24) is 25.4 Å². The Balaban J connectivity index is 1.06. The number of rotatable bonds is 11. The zero-order valence-corrected chi connectivity index (χ0v) is 25.9. The molecule has 2 amide bonds. The second kappa shape index (κ2) is 13.3. The lowest BCUT2D eigenvalue weighted by Gasteiger charge is -2.28. The van der Waals surface area contributed by atoms with Gasteiger partial charge < -0.3 is 30.3 Å². The van der Waals surface area contributed by atoms with Gasteiger partial charge in [0.2, 0.25) is 11.8 Å². The van der Waals surface area contributed by atoms with Gasteiger partial charge in [-0.3, -0.25) is 19.1 Å². The van der Waals surface area contributed by atoms with Crippen molar-refractivity contribution >= 4 is 29.1 Å². The number of aryl methyl sites for hydroxylation is 1. The highest BCUT2D eigenvalue weighted by molar-refractivity contribution is 6.30. The highest BCUT2D eigenvalue weighted by Crippen LogP contribution is 2.48. The first-order valence-electron chi connectivity index (χ1n) is 15.2. The number of hydrogen-bond donors (Lipinski definition) is 4. The van der Waals surface area contributed by atoms with Crippen LogP contribution in [0.25, 0.3) is 5.69 Å². The van der Waals surface area contributed by atoms with E-state index in [1.54, 1.807) is 19.2 Å². The Hall–Kier alpha value is -3.84. The number of hydrogen-bond acceptors (Lipinski definition) is 9. The molecule has 3 aromatic rings. The molecule has 2 saturated carbocycles. The summed E-state index contributed by atoms with van der Waals surface area (Å²) in [5.41, 5.74) is 3.17. The highest BCUT2D eigenvalue weighted by atomic mass is 35.5. The average molecular weight is 637 g/mol. The molecule has 0 saturated heterocycles. The number of aliphatic imine (C=N–C) groups is 1. The van der Waals surface area contributed by atoms with Gasteiger partial charge in [0.25, 0.3) is 0 Å². The van der Waals surface area contributed by atoms with Crippen LogP contribution in [0.15, 0.2) is 47.5 Å². The van der Waals surface area contributed by atoms with Gasteiger partial charge in [0, 0.05) is 35.2 Å². The molecule has 4 N–H and O–H groups in total. The molecule has 6 rings (SSSR count). The van der Waals surface area contributed by atoms with Gasteiger partial charge in [-0.2, -0.15) is 0 Å². The number of carbonyl (C=O) groups excluding carboxylic acids is 2. The van der Waals surface area contributed by atoms with E-state index < -0.39 is 18.2 Å². The van der Waals surface area contributed by atoms with Crippen molar-refractivity contribution in [3.63, 3.8) is 0 Å². The van der Waals surface area contributed by atoms with E-state index in [0.29, 0.717) is 47.5 Å². The molecule has 0 spiro atoms. The van der Waals surface area contributed by atoms with Crippen LogP contribution in [0.4, 0.5) is 0 Å². The first-order valence-corrected chi connectivity index (χ1v) is 15.6. The van der Waals surface area contributed by atoms with E-state index >= 15 is 0 Å². The standard InChI is InChI=1S/C32H37ClN6O6/c1-17-37-38-31-25(36-28(18-3-5-20(33)6-4-18)24-15-21(44-2)7-8-26(24)39(17)31)16-27(40)34-9-11-45-12-10-35-32(43)23-14-19-13-22(23)30(42)29(19)41/h3-8,15,19,22-23,25,29-30,41-42H,9-14,16H2,1-2H3,(H,34,40)(H,35,43). The van der Waals surface area contributed by atoms with E-state index in [1.165, 1.54) is 0 Å². The van der Waals surface area contributed by atoms with E-state index in [-0.39, 0.29) is 55.7 Å². The smallest absolute Gasteiger partial charge is 0.223 e. The summed E-state index contributed by atoms with van der Waals surface area (Å²) >= 11 is 6.18. The fourth-order valence-corrected chi connectivity index (χ4v) is 6.89. The maximum Gasteiger partial charge on any atom is 0.223 e. The van der Waals surface area contributed by atoms with Gasteiger partial charge in [-0.1, -0.05) is 23.7 Å². The average Bonchev–Trinajstić information content (AvgIpc) is 3.70. The number of nitrogens with one attached hydrogen (secondary N) is 2.